The Morgan fingerprint density at radius 1 is 1.18 bits per heavy atom. The molecule has 9 heteroatoms. The van der Waals surface area contributed by atoms with Crippen LogP contribution >= 0.6 is 0 Å². The maximum Gasteiger partial charge on any atom is 0.433 e. The van der Waals surface area contributed by atoms with Crippen LogP contribution in [-0.4, -0.2) is 22.8 Å². The molecule has 0 saturated carbocycles. The van der Waals surface area contributed by atoms with Crippen LogP contribution in [0, 0.1) is 10.1 Å². The fraction of sp³-hybridized carbons (Fsp3) is 0.211. The third kappa shape index (κ3) is 3.54. The molecular weight excluding hydrogens is 366 g/mol. The molecule has 0 aliphatic carbocycles. The van der Waals surface area contributed by atoms with Gasteiger partial charge in [0.2, 0.25) is 0 Å². The first-order chi connectivity index (χ1) is 13.3. The van der Waals surface area contributed by atoms with Gasteiger partial charge >= 0.3 is 11.9 Å². The fourth-order valence-electron chi connectivity index (χ4n) is 2.74. The molecule has 0 unspecified atom stereocenters. The maximum atomic E-state index is 12.8. The summed E-state index contributed by atoms with van der Waals surface area (Å²) in [7, 11) is 0. The second kappa shape index (κ2) is 7.47. The van der Waals surface area contributed by atoms with Crippen LogP contribution in [-0.2, 0) is 9.59 Å². The summed E-state index contributed by atoms with van der Waals surface area (Å²) in [6.45, 7) is 4.12. The smallest absolute Gasteiger partial charge is 0.401 e. The average molecular weight is 383 g/mol. The molecule has 1 aromatic heterocycles. The maximum absolute atomic E-state index is 12.8. The van der Waals surface area contributed by atoms with Gasteiger partial charge in [0.1, 0.15) is 16.3 Å². The van der Waals surface area contributed by atoms with Crippen molar-refractivity contribution in [2.24, 2.45) is 0 Å². The van der Waals surface area contributed by atoms with Crippen molar-refractivity contribution in [3.05, 3.63) is 63.4 Å². The van der Waals surface area contributed by atoms with Crippen LogP contribution in [0.3, 0.4) is 0 Å². The lowest BCUT2D eigenvalue weighted by Gasteiger charge is -2.26. The lowest BCUT2D eigenvalue weighted by atomic mass is 9.98. The third-order valence-electron chi connectivity index (χ3n) is 4.51. The van der Waals surface area contributed by atoms with E-state index in [0.717, 1.165) is 29.0 Å². The monoisotopic (exact) mass is 383 g/mol. The highest BCUT2D eigenvalue weighted by atomic mass is 16.6. The Hall–Kier alpha value is -3.75. The Morgan fingerprint density at radius 2 is 1.86 bits per heavy atom. The predicted octanol–water partition coefficient (Wildman–Crippen LogP) is 3.37. The Bertz CT molecular complexity index is 989. The molecule has 28 heavy (non-hydrogen) atoms. The van der Waals surface area contributed by atoms with E-state index in [2.05, 4.69) is 19.2 Å². The van der Waals surface area contributed by atoms with Crippen molar-refractivity contribution in [1.29, 1.82) is 0 Å². The van der Waals surface area contributed by atoms with Crippen molar-refractivity contribution in [3.63, 3.8) is 0 Å². The Labute approximate surface area is 159 Å². The van der Waals surface area contributed by atoms with Crippen molar-refractivity contribution in [2.75, 3.05) is 4.90 Å². The second-order valence-corrected chi connectivity index (χ2v) is 6.29. The molecule has 0 bridgehead atoms. The van der Waals surface area contributed by atoms with E-state index in [1.165, 1.54) is 6.07 Å². The van der Waals surface area contributed by atoms with Crippen molar-refractivity contribution < 1.29 is 23.7 Å². The fourth-order valence-corrected chi connectivity index (χ4v) is 2.74. The zero-order chi connectivity index (χ0) is 20.4. The van der Waals surface area contributed by atoms with Gasteiger partial charge in [0.25, 0.3) is 11.8 Å². The number of amides is 4. The lowest BCUT2D eigenvalue weighted by Crippen LogP contribution is -2.54. The van der Waals surface area contributed by atoms with Crippen LogP contribution in [0.4, 0.5) is 16.4 Å². The molecule has 1 fully saturated rings. The first kappa shape index (κ1) is 19.0. The molecule has 144 valence electrons. The first-order valence-corrected chi connectivity index (χ1v) is 8.57. The molecule has 1 aliphatic heterocycles. The average Bonchev–Trinajstić information content (AvgIpc) is 3.14. The summed E-state index contributed by atoms with van der Waals surface area (Å²) in [6, 6.07) is 8.39. The summed E-state index contributed by atoms with van der Waals surface area (Å²) in [5, 5.41) is 12.8. The molecule has 2 heterocycles. The molecule has 3 rings (SSSR count). The van der Waals surface area contributed by atoms with Gasteiger partial charge in [-0.05, 0) is 42.2 Å². The molecule has 1 aromatic carbocycles. The lowest BCUT2D eigenvalue weighted by molar-refractivity contribution is -0.402. The van der Waals surface area contributed by atoms with Crippen LogP contribution in [0.5, 0.6) is 0 Å². The van der Waals surface area contributed by atoms with Gasteiger partial charge in [0.05, 0.1) is 11.8 Å². The number of hydrogen-bond donors (Lipinski definition) is 1. The molecule has 9 nitrogen and oxygen atoms in total. The topological polar surface area (TPSA) is 123 Å². The number of anilines is 1. The van der Waals surface area contributed by atoms with Gasteiger partial charge in [-0.2, -0.15) is 0 Å². The zero-order valence-corrected chi connectivity index (χ0v) is 15.2. The van der Waals surface area contributed by atoms with E-state index in [1.54, 1.807) is 12.1 Å². The first-order valence-electron chi connectivity index (χ1n) is 8.57. The number of nitro groups is 1. The second-order valence-electron chi connectivity index (χ2n) is 6.29. The quantitative estimate of drug-likeness (QED) is 0.365. The van der Waals surface area contributed by atoms with E-state index in [0.29, 0.717) is 11.6 Å². The van der Waals surface area contributed by atoms with Gasteiger partial charge in [-0.15, -0.1) is 0 Å². The van der Waals surface area contributed by atoms with Gasteiger partial charge in [-0.3, -0.25) is 25.0 Å². The highest BCUT2D eigenvalue weighted by Crippen LogP contribution is 2.26. The van der Waals surface area contributed by atoms with E-state index < -0.39 is 28.7 Å². The Balaban J connectivity index is 1.93. The number of nitrogens with zero attached hydrogens (tertiary/aromatic N) is 2. The molecule has 0 spiro atoms. The van der Waals surface area contributed by atoms with Crippen LogP contribution < -0.4 is 10.2 Å². The van der Waals surface area contributed by atoms with E-state index in [1.807, 2.05) is 12.1 Å². The summed E-state index contributed by atoms with van der Waals surface area (Å²) in [5.74, 6) is -1.99. The molecule has 4 amide bonds. The van der Waals surface area contributed by atoms with E-state index >= 15 is 0 Å². The molecule has 1 N–H and O–H groups in total. The van der Waals surface area contributed by atoms with Crippen LogP contribution in [0.25, 0.3) is 6.08 Å². The summed E-state index contributed by atoms with van der Waals surface area (Å²) >= 11 is 0. The van der Waals surface area contributed by atoms with Crippen molar-refractivity contribution in [2.45, 2.75) is 26.2 Å². The van der Waals surface area contributed by atoms with Crippen LogP contribution in [0.15, 0.2) is 46.4 Å². The Morgan fingerprint density at radius 3 is 2.43 bits per heavy atom. The minimum atomic E-state index is -0.901. The standard InChI is InChI=1S/C19H17N3O6/c1-3-11(2)12-4-6-13(7-5-12)21-18(24)15(17(23)20-19(21)25)10-14-8-9-16(28-14)22(26)27/h4-11H,3H2,1-2H3,(H,20,23,25)/b15-10-/t11-/m0/s1. The SMILES string of the molecule is CC[C@H](C)c1ccc(N2C(=O)NC(=O)/C(=C/c3ccc([N+](=O)[O-])o3)C2=O)cc1. The van der Waals surface area contributed by atoms with Gasteiger partial charge in [-0.1, -0.05) is 26.0 Å². The summed E-state index contributed by atoms with van der Waals surface area (Å²) in [5.41, 5.74) is 0.999. The summed E-state index contributed by atoms with van der Waals surface area (Å²) in [4.78, 5) is 47.9. The summed E-state index contributed by atoms with van der Waals surface area (Å²) < 4.78 is 4.96. The number of benzene rings is 1. The third-order valence-corrected chi connectivity index (χ3v) is 4.51. The normalized spacial score (nSPS) is 17.0. The zero-order valence-electron chi connectivity index (χ0n) is 15.2. The van der Waals surface area contributed by atoms with Crippen LogP contribution in [0.1, 0.15) is 37.5 Å². The van der Waals surface area contributed by atoms with E-state index in [4.69, 9.17) is 4.42 Å². The van der Waals surface area contributed by atoms with Gasteiger partial charge in [-0.25, -0.2) is 9.69 Å². The van der Waals surface area contributed by atoms with Gasteiger partial charge < -0.3 is 4.42 Å². The largest absolute Gasteiger partial charge is 0.433 e. The number of furan rings is 1. The Kier molecular flexibility index (Phi) is 5.08. The molecule has 1 atom stereocenters. The molecule has 1 aliphatic rings. The number of hydrogen-bond acceptors (Lipinski definition) is 6. The highest BCUT2D eigenvalue weighted by Gasteiger charge is 2.37. The molecule has 2 aromatic rings. The number of carbonyl (C=O) groups is 3. The van der Waals surface area contributed by atoms with Gasteiger partial charge in [0, 0.05) is 0 Å². The van der Waals surface area contributed by atoms with Crippen LogP contribution in [0.2, 0.25) is 0 Å². The number of imide groups is 2. The van der Waals surface area contributed by atoms with Crippen molar-refractivity contribution >= 4 is 35.5 Å². The number of carbonyl (C=O) groups excluding carboxylic acids is 3. The molecular formula is C19H17N3O6. The minimum Gasteiger partial charge on any atom is -0.401 e. The number of nitrogens with one attached hydrogen (secondary N) is 1. The van der Waals surface area contributed by atoms with E-state index in [9.17, 15) is 24.5 Å². The highest BCUT2D eigenvalue weighted by molar-refractivity contribution is 6.39. The molecule has 1 saturated heterocycles. The molecule has 0 radical (unpaired) electrons. The van der Waals surface area contributed by atoms with Crippen molar-refractivity contribution in [1.82, 2.24) is 5.32 Å². The number of barbiturate groups is 1. The predicted molar refractivity (Wildman–Crippen MR) is 99.5 cm³/mol. The van der Waals surface area contributed by atoms with Gasteiger partial charge in [0.15, 0.2) is 0 Å². The van der Waals surface area contributed by atoms with Crippen molar-refractivity contribution in [3.8, 4) is 0 Å². The number of urea groups is 1. The summed E-state index contributed by atoms with van der Waals surface area (Å²) in [6.07, 6.45) is 2.01. The minimum absolute atomic E-state index is 0.0494. The van der Waals surface area contributed by atoms with E-state index in [-0.39, 0.29) is 11.3 Å². The number of rotatable bonds is 5.